The number of likely N-dealkylation sites (N-methyl/N-ethyl adjacent to an activating group) is 2. The first-order valence-corrected chi connectivity index (χ1v) is 5.91. The van der Waals surface area contributed by atoms with E-state index in [1.54, 1.807) is 11.9 Å². The molecule has 17 heavy (non-hydrogen) atoms. The number of amides is 2. The minimum Gasteiger partial charge on any atom is -0.370 e. The Morgan fingerprint density at radius 3 is 2.65 bits per heavy atom. The third kappa shape index (κ3) is 3.98. The average molecular weight is 242 g/mol. The summed E-state index contributed by atoms with van der Waals surface area (Å²) in [5.74, 6) is -0.763. The van der Waals surface area contributed by atoms with Crippen molar-refractivity contribution >= 4 is 11.8 Å². The molecule has 0 spiro atoms. The van der Waals surface area contributed by atoms with E-state index in [0.717, 1.165) is 19.4 Å². The van der Waals surface area contributed by atoms with Gasteiger partial charge in [0.2, 0.25) is 11.8 Å². The van der Waals surface area contributed by atoms with Crippen LogP contribution >= 0.6 is 0 Å². The summed E-state index contributed by atoms with van der Waals surface area (Å²) in [6.45, 7) is 1.72. The quantitative estimate of drug-likeness (QED) is 0.629. The zero-order chi connectivity index (χ0) is 13.0. The largest absolute Gasteiger partial charge is 0.370 e. The molecule has 0 bridgehead atoms. The second-order valence-electron chi connectivity index (χ2n) is 4.77. The minimum atomic E-state index is -0.816. The van der Waals surface area contributed by atoms with Crippen LogP contribution in [0.25, 0.3) is 0 Å². The molecular formula is C11H22N4O2. The van der Waals surface area contributed by atoms with E-state index in [4.69, 9.17) is 11.5 Å². The average Bonchev–Trinajstić information content (AvgIpc) is 2.62. The van der Waals surface area contributed by atoms with Gasteiger partial charge in [-0.2, -0.15) is 0 Å². The summed E-state index contributed by atoms with van der Waals surface area (Å²) in [5.41, 5.74) is 10.6. The van der Waals surface area contributed by atoms with E-state index >= 15 is 0 Å². The number of nitrogens with zero attached hydrogens (tertiary/aromatic N) is 2. The standard InChI is InChI=1S/C11H22N4O2/c1-14-5-3-4-8(14)7-15(2)11(17)9(12)6-10(13)16/h8-9H,3-7,12H2,1-2H3,(H2,13,16). The molecule has 6 heteroatoms. The molecule has 0 aliphatic carbocycles. The molecule has 6 nitrogen and oxygen atoms in total. The molecule has 0 aromatic carbocycles. The van der Waals surface area contributed by atoms with Gasteiger partial charge in [-0.3, -0.25) is 9.59 Å². The van der Waals surface area contributed by atoms with Crippen molar-refractivity contribution < 1.29 is 9.59 Å². The molecule has 0 radical (unpaired) electrons. The van der Waals surface area contributed by atoms with Crippen LogP contribution in [0.3, 0.4) is 0 Å². The molecule has 1 aliphatic heterocycles. The Balaban J connectivity index is 2.43. The SMILES string of the molecule is CN(CC1CCCN1C)C(=O)C(N)CC(N)=O. The topological polar surface area (TPSA) is 92.7 Å². The highest BCUT2D eigenvalue weighted by atomic mass is 16.2. The first kappa shape index (κ1) is 13.9. The molecule has 2 amide bonds. The van der Waals surface area contributed by atoms with Crippen LogP contribution < -0.4 is 11.5 Å². The molecule has 0 aromatic heterocycles. The molecule has 0 aromatic rings. The van der Waals surface area contributed by atoms with Gasteiger partial charge in [0.25, 0.3) is 0 Å². The van der Waals surface area contributed by atoms with Gasteiger partial charge < -0.3 is 21.3 Å². The molecule has 1 saturated heterocycles. The molecule has 1 heterocycles. The maximum Gasteiger partial charge on any atom is 0.239 e. The van der Waals surface area contributed by atoms with Gasteiger partial charge in [-0.15, -0.1) is 0 Å². The van der Waals surface area contributed by atoms with E-state index < -0.39 is 11.9 Å². The highest BCUT2D eigenvalue weighted by Gasteiger charge is 2.26. The number of hydrogen-bond donors (Lipinski definition) is 2. The molecule has 0 saturated carbocycles. The van der Waals surface area contributed by atoms with Crippen LogP contribution in [-0.4, -0.2) is 60.9 Å². The Hall–Kier alpha value is -1.14. The lowest BCUT2D eigenvalue weighted by Gasteiger charge is -2.27. The molecule has 1 rings (SSSR count). The number of hydrogen-bond acceptors (Lipinski definition) is 4. The molecule has 98 valence electrons. The fraction of sp³-hybridized carbons (Fsp3) is 0.818. The Labute approximate surface area is 102 Å². The van der Waals surface area contributed by atoms with Crippen molar-refractivity contribution in [3.05, 3.63) is 0 Å². The van der Waals surface area contributed by atoms with Gasteiger partial charge in [-0.1, -0.05) is 0 Å². The molecule has 2 atom stereocenters. The zero-order valence-electron chi connectivity index (χ0n) is 10.6. The Kier molecular flexibility index (Phi) is 4.89. The lowest BCUT2D eigenvalue weighted by atomic mass is 10.1. The Bertz CT molecular complexity index is 295. The van der Waals surface area contributed by atoms with Crippen molar-refractivity contribution in [2.45, 2.75) is 31.3 Å². The van der Waals surface area contributed by atoms with Crippen LogP contribution in [-0.2, 0) is 9.59 Å². The van der Waals surface area contributed by atoms with E-state index in [1.165, 1.54) is 0 Å². The Morgan fingerprint density at radius 1 is 1.53 bits per heavy atom. The van der Waals surface area contributed by atoms with Gasteiger partial charge in [0.1, 0.15) is 0 Å². The highest BCUT2D eigenvalue weighted by molar-refractivity contribution is 5.87. The number of nitrogens with two attached hydrogens (primary N) is 2. The van der Waals surface area contributed by atoms with Gasteiger partial charge in [-0.25, -0.2) is 0 Å². The number of rotatable bonds is 5. The summed E-state index contributed by atoms with van der Waals surface area (Å²) in [6, 6.07) is -0.422. The fourth-order valence-electron chi connectivity index (χ4n) is 2.20. The van der Waals surface area contributed by atoms with Crippen molar-refractivity contribution in [2.24, 2.45) is 11.5 Å². The van der Waals surface area contributed by atoms with Crippen LogP contribution in [0.15, 0.2) is 0 Å². The summed E-state index contributed by atoms with van der Waals surface area (Å²) in [4.78, 5) is 26.4. The third-order valence-electron chi connectivity index (χ3n) is 3.27. The van der Waals surface area contributed by atoms with Crippen LogP contribution in [0.1, 0.15) is 19.3 Å². The summed E-state index contributed by atoms with van der Waals surface area (Å²) < 4.78 is 0. The van der Waals surface area contributed by atoms with Gasteiger partial charge >= 0.3 is 0 Å². The van der Waals surface area contributed by atoms with Gasteiger partial charge in [0.15, 0.2) is 0 Å². The maximum atomic E-state index is 11.8. The number of carbonyl (C=O) groups excluding carboxylic acids is 2. The second kappa shape index (κ2) is 5.97. The van der Waals surface area contributed by atoms with E-state index in [0.29, 0.717) is 12.6 Å². The van der Waals surface area contributed by atoms with Crippen molar-refractivity contribution in [3.63, 3.8) is 0 Å². The lowest BCUT2D eigenvalue weighted by Crippen LogP contribution is -2.47. The first-order chi connectivity index (χ1) is 7.91. The van der Waals surface area contributed by atoms with Crippen molar-refractivity contribution in [3.8, 4) is 0 Å². The predicted octanol–water partition coefficient (Wildman–Crippen LogP) is -1.26. The zero-order valence-corrected chi connectivity index (χ0v) is 10.6. The smallest absolute Gasteiger partial charge is 0.239 e. The van der Waals surface area contributed by atoms with Crippen LogP contribution in [0, 0.1) is 0 Å². The predicted molar refractivity (Wildman–Crippen MR) is 65.1 cm³/mol. The normalized spacial score (nSPS) is 22.4. The number of primary amides is 1. The van der Waals surface area contributed by atoms with Crippen molar-refractivity contribution in [1.29, 1.82) is 0 Å². The van der Waals surface area contributed by atoms with E-state index in [9.17, 15) is 9.59 Å². The molecule has 1 fully saturated rings. The lowest BCUT2D eigenvalue weighted by molar-refractivity contribution is -0.134. The summed E-state index contributed by atoms with van der Waals surface area (Å²) in [5, 5.41) is 0. The van der Waals surface area contributed by atoms with E-state index in [2.05, 4.69) is 11.9 Å². The number of likely N-dealkylation sites (tertiary alicyclic amines) is 1. The van der Waals surface area contributed by atoms with E-state index in [-0.39, 0.29) is 12.3 Å². The molecule has 4 N–H and O–H groups in total. The molecular weight excluding hydrogens is 220 g/mol. The fourth-order valence-corrected chi connectivity index (χ4v) is 2.20. The molecule has 2 unspecified atom stereocenters. The van der Waals surface area contributed by atoms with Gasteiger partial charge in [0.05, 0.1) is 12.5 Å². The highest BCUT2D eigenvalue weighted by Crippen LogP contribution is 2.15. The summed E-state index contributed by atoms with van der Waals surface area (Å²) >= 11 is 0. The second-order valence-corrected chi connectivity index (χ2v) is 4.77. The van der Waals surface area contributed by atoms with Gasteiger partial charge in [0, 0.05) is 19.6 Å². The maximum absolute atomic E-state index is 11.8. The Morgan fingerprint density at radius 2 is 2.18 bits per heavy atom. The molecule has 1 aliphatic rings. The number of carbonyl (C=O) groups is 2. The van der Waals surface area contributed by atoms with Gasteiger partial charge in [-0.05, 0) is 26.4 Å². The van der Waals surface area contributed by atoms with Crippen molar-refractivity contribution in [2.75, 3.05) is 27.2 Å². The van der Waals surface area contributed by atoms with Crippen LogP contribution in [0.2, 0.25) is 0 Å². The van der Waals surface area contributed by atoms with Crippen LogP contribution in [0.4, 0.5) is 0 Å². The van der Waals surface area contributed by atoms with Crippen LogP contribution in [0.5, 0.6) is 0 Å². The summed E-state index contributed by atoms with van der Waals surface area (Å²) in [6.07, 6.45) is 2.17. The summed E-state index contributed by atoms with van der Waals surface area (Å²) in [7, 11) is 3.77. The van der Waals surface area contributed by atoms with Crippen molar-refractivity contribution in [1.82, 2.24) is 9.80 Å². The third-order valence-corrected chi connectivity index (χ3v) is 3.27. The monoisotopic (exact) mass is 242 g/mol. The van der Waals surface area contributed by atoms with E-state index in [1.807, 2.05) is 0 Å². The first-order valence-electron chi connectivity index (χ1n) is 5.91. The minimum absolute atomic E-state index is 0.0936.